The third kappa shape index (κ3) is 3.47. The Hall–Kier alpha value is -1.56. The van der Waals surface area contributed by atoms with Gasteiger partial charge >= 0.3 is 5.97 Å². The molecule has 19 heavy (non-hydrogen) atoms. The summed E-state index contributed by atoms with van der Waals surface area (Å²) >= 11 is 0. The average molecular weight is 284 g/mol. The third-order valence-electron chi connectivity index (χ3n) is 3.00. The van der Waals surface area contributed by atoms with Gasteiger partial charge in [0.25, 0.3) is 0 Å². The predicted molar refractivity (Wildman–Crippen MR) is 68.7 cm³/mol. The van der Waals surface area contributed by atoms with E-state index in [2.05, 4.69) is 0 Å². The molecule has 0 spiro atoms. The van der Waals surface area contributed by atoms with E-state index >= 15 is 0 Å². The lowest BCUT2D eigenvalue weighted by molar-refractivity contribution is -0.149. The Balaban J connectivity index is 2.12. The fraction of sp³-hybridized carbons (Fsp3) is 0.462. The first-order valence-corrected chi connectivity index (χ1v) is 7.85. The van der Waals surface area contributed by atoms with Crippen molar-refractivity contribution in [2.45, 2.75) is 23.8 Å². The van der Waals surface area contributed by atoms with E-state index < -0.39 is 21.9 Å². The molecule has 5 nitrogen and oxygen atoms in total. The van der Waals surface area contributed by atoms with E-state index in [0.29, 0.717) is 5.75 Å². The second-order valence-corrected chi connectivity index (χ2v) is 6.66. The maximum absolute atomic E-state index is 11.6. The molecule has 0 N–H and O–H groups in total. The van der Waals surface area contributed by atoms with Crippen LogP contribution in [0.4, 0.5) is 0 Å². The maximum atomic E-state index is 11.6. The second kappa shape index (κ2) is 5.21. The van der Waals surface area contributed by atoms with Crippen molar-refractivity contribution < 1.29 is 22.7 Å². The molecule has 1 unspecified atom stereocenters. The standard InChI is InChI=1S/C13H16O5S/c1-17-13(14)12(9-3-4-9)18-10-5-7-11(8-6-10)19(2,15)16/h5-9,12H,3-4H2,1-2H3. The highest BCUT2D eigenvalue weighted by Gasteiger charge is 2.39. The second-order valence-electron chi connectivity index (χ2n) is 4.64. The van der Waals surface area contributed by atoms with E-state index in [0.717, 1.165) is 19.1 Å². The molecule has 1 aliphatic rings. The summed E-state index contributed by atoms with van der Waals surface area (Å²) in [4.78, 5) is 11.8. The van der Waals surface area contributed by atoms with Crippen molar-refractivity contribution in [1.82, 2.24) is 0 Å². The Kier molecular flexibility index (Phi) is 3.80. The van der Waals surface area contributed by atoms with Crippen LogP contribution in [0.2, 0.25) is 0 Å². The molecule has 1 aliphatic carbocycles. The van der Waals surface area contributed by atoms with Crippen LogP contribution in [0.1, 0.15) is 12.8 Å². The number of carbonyl (C=O) groups is 1. The Morgan fingerprint density at radius 1 is 1.26 bits per heavy atom. The quantitative estimate of drug-likeness (QED) is 0.765. The lowest BCUT2D eigenvalue weighted by Gasteiger charge is -2.16. The Morgan fingerprint density at radius 3 is 2.26 bits per heavy atom. The van der Waals surface area contributed by atoms with Gasteiger partial charge in [-0.05, 0) is 37.1 Å². The van der Waals surface area contributed by atoms with Gasteiger partial charge in [-0.1, -0.05) is 0 Å². The Labute approximate surface area is 112 Å². The summed E-state index contributed by atoms with van der Waals surface area (Å²) in [7, 11) is -1.89. The van der Waals surface area contributed by atoms with Crippen LogP contribution in [-0.2, 0) is 19.4 Å². The first-order valence-electron chi connectivity index (χ1n) is 5.96. The van der Waals surface area contributed by atoms with E-state index in [9.17, 15) is 13.2 Å². The molecule has 2 rings (SSSR count). The van der Waals surface area contributed by atoms with Gasteiger partial charge in [-0.2, -0.15) is 0 Å². The first kappa shape index (κ1) is 13.9. The van der Waals surface area contributed by atoms with Crippen molar-refractivity contribution in [3.8, 4) is 5.75 Å². The van der Waals surface area contributed by atoms with Gasteiger partial charge in [-0.15, -0.1) is 0 Å². The van der Waals surface area contributed by atoms with Gasteiger partial charge in [-0.25, -0.2) is 13.2 Å². The van der Waals surface area contributed by atoms with E-state index in [1.807, 2.05) is 0 Å². The van der Waals surface area contributed by atoms with Crippen LogP contribution < -0.4 is 4.74 Å². The maximum Gasteiger partial charge on any atom is 0.347 e. The van der Waals surface area contributed by atoms with Crippen molar-refractivity contribution >= 4 is 15.8 Å². The SMILES string of the molecule is COC(=O)C(Oc1ccc(S(C)(=O)=O)cc1)C1CC1. The Bertz CT molecular complexity index is 557. The molecule has 0 aliphatic heterocycles. The third-order valence-corrected chi connectivity index (χ3v) is 4.13. The fourth-order valence-electron chi connectivity index (χ4n) is 1.76. The highest BCUT2D eigenvalue weighted by atomic mass is 32.2. The number of carbonyl (C=O) groups excluding carboxylic acids is 1. The predicted octanol–water partition coefficient (Wildman–Crippen LogP) is 1.42. The molecule has 0 aromatic heterocycles. The van der Waals surface area contributed by atoms with E-state index in [4.69, 9.17) is 9.47 Å². The number of ether oxygens (including phenoxy) is 2. The first-order chi connectivity index (χ1) is 8.91. The van der Waals surface area contributed by atoms with Gasteiger partial charge in [0.05, 0.1) is 12.0 Å². The van der Waals surface area contributed by atoms with Gasteiger partial charge in [-0.3, -0.25) is 0 Å². The van der Waals surface area contributed by atoms with Gasteiger partial charge in [0.1, 0.15) is 5.75 Å². The molecule has 1 aromatic carbocycles. The minimum Gasteiger partial charge on any atom is -0.478 e. The van der Waals surface area contributed by atoms with Gasteiger partial charge in [0.2, 0.25) is 0 Å². The molecule has 1 saturated carbocycles. The van der Waals surface area contributed by atoms with Crippen LogP contribution in [0.3, 0.4) is 0 Å². The largest absolute Gasteiger partial charge is 0.478 e. The van der Waals surface area contributed by atoms with E-state index in [-0.39, 0.29) is 10.8 Å². The highest BCUT2D eigenvalue weighted by molar-refractivity contribution is 7.90. The number of esters is 1. The van der Waals surface area contributed by atoms with Crippen LogP contribution in [0, 0.1) is 5.92 Å². The normalized spacial score (nSPS) is 16.7. The van der Waals surface area contributed by atoms with Crippen LogP contribution in [0.25, 0.3) is 0 Å². The van der Waals surface area contributed by atoms with Crippen molar-refractivity contribution in [2.75, 3.05) is 13.4 Å². The van der Waals surface area contributed by atoms with Crippen LogP contribution in [0.5, 0.6) is 5.75 Å². The molecule has 0 heterocycles. The van der Waals surface area contributed by atoms with Gasteiger partial charge < -0.3 is 9.47 Å². The molecule has 104 valence electrons. The summed E-state index contributed by atoms with van der Waals surface area (Å²) in [5, 5.41) is 0. The van der Waals surface area contributed by atoms with Crippen LogP contribution in [-0.4, -0.2) is 33.9 Å². The number of methoxy groups -OCH3 is 1. The molecule has 1 fully saturated rings. The molecule has 0 radical (unpaired) electrons. The number of rotatable bonds is 5. The van der Waals surface area contributed by atoms with Crippen LogP contribution >= 0.6 is 0 Å². The fourth-order valence-corrected chi connectivity index (χ4v) is 2.39. The molecule has 1 atom stereocenters. The molecule has 6 heteroatoms. The van der Waals surface area contributed by atoms with Crippen molar-refractivity contribution in [1.29, 1.82) is 0 Å². The summed E-state index contributed by atoms with van der Waals surface area (Å²) in [5.74, 6) is 0.270. The van der Waals surface area contributed by atoms with Crippen molar-refractivity contribution in [3.05, 3.63) is 24.3 Å². The molecule has 1 aromatic rings. The number of hydrogen-bond donors (Lipinski definition) is 0. The summed E-state index contributed by atoms with van der Waals surface area (Å²) in [6.45, 7) is 0. The zero-order valence-corrected chi connectivity index (χ0v) is 11.6. The van der Waals surface area contributed by atoms with Crippen molar-refractivity contribution in [3.63, 3.8) is 0 Å². The highest BCUT2D eigenvalue weighted by Crippen LogP contribution is 2.35. The molecule has 0 amide bonds. The van der Waals surface area contributed by atoms with Crippen LogP contribution in [0.15, 0.2) is 29.2 Å². The summed E-state index contributed by atoms with van der Waals surface area (Å²) in [6.07, 6.45) is 2.43. The van der Waals surface area contributed by atoms with Gasteiger partial charge in [0.15, 0.2) is 15.9 Å². The average Bonchev–Trinajstić information content (AvgIpc) is 3.19. The Morgan fingerprint density at radius 2 is 1.84 bits per heavy atom. The summed E-state index contributed by atoms with van der Waals surface area (Å²) in [6, 6.07) is 6.03. The summed E-state index contributed by atoms with van der Waals surface area (Å²) in [5.41, 5.74) is 0. The topological polar surface area (TPSA) is 69.7 Å². The lowest BCUT2D eigenvalue weighted by Crippen LogP contribution is -2.30. The minimum atomic E-state index is -3.22. The number of sulfone groups is 1. The number of hydrogen-bond acceptors (Lipinski definition) is 5. The van der Waals surface area contributed by atoms with Crippen molar-refractivity contribution in [2.24, 2.45) is 5.92 Å². The smallest absolute Gasteiger partial charge is 0.347 e. The molecule has 0 saturated heterocycles. The zero-order chi connectivity index (χ0) is 14.0. The van der Waals surface area contributed by atoms with Gasteiger partial charge in [0, 0.05) is 12.2 Å². The zero-order valence-electron chi connectivity index (χ0n) is 10.8. The van der Waals surface area contributed by atoms with E-state index in [1.54, 1.807) is 12.1 Å². The minimum absolute atomic E-state index is 0.196. The molecular weight excluding hydrogens is 268 g/mol. The number of benzene rings is 1. The lowest BCUT2D eigenvalue weighted by atomic mass is 10.2. The monoisotopic (exact) mass is 284 g/mol. The molecular formula is C13H16O5S. The van der Waals surface area contributed by atoms with E-state index in [1.165, 1.54) is 19.2 Å². The molecule has 0 bridgehead atoms. The summed E-state index contributed by atoms with van der Waals surface area (Å²) < 4.78 is 32.9.